The molecule has 2 heterocycles. The summed E-state index contributed by atoms with van der Waals surface area (Å²) in [6.07, 6.45) is 2.04. The molecule has 0 saturated heterocycles. The van der Waals surface area contributed by atoms with Crippen LogP contribution in [-0.2, 0) is 6.42 Å². The van der Waals surface area contributed by atoms with Crippen molar-refractivity contribution in [1.82, 2.24) is 9.38 Å². The van der Waals surface area contributed by atoms with Crippen molar-refractivity contribution in [2.75, 3.05) is 7.11 Å². The molecule has 3 aromatic rings. The monoisotopic (exact) mass is 296 g/mol. The zero-order chi connectivity index (χ0) is 15.7. The van der Waals surface area contributed by atoms with Crippen molar-refractivity contribution in [3.8, 4) is 5.75 Å². The molecule has 0 radical (unpaired) electrons. The maximum absolute atomic E-state index is 10.2. The van der Waals surface area contributed by atoms with Gasteiger partial charge in [0.15, 0.2) is 0 Å². The fourth-order valence-electron chi connectivity index (χ4n) is 2.82. The Kier molecular flexibility index (Phi) is 3.86. The molecule has 1 aromatic carbocycles. The number of hydrogen-bond acceptors (Lipinski definition) is 3. The van der Waals surface area contributed by atoms with Gasteiger partial charge in [-0.15, -0.1) is 0 Å². The van der Waals surface area contributed by atoms with E-state index in [0.717, 1.165) is 33.9 Å². The SMILES string of the molecule is COc1cccc(Cc2nc3c(C)cccn3c2C(C)O)c1. The highest BCUT2D eigenvalue weighted by atomic mass is 16.5. The first-order chi connectivity index (χ1) is 10.6. The Morgan fingerprint density at radius 1 is 1.27 bits per heavy atom. The minimum atomic E-state index is -0.572. The lowest BCUT2D eigenvalue weighted by atomic mass is 10.1. The number of aryl methyl sites for hydroxylation is 1. The molecule has 2 aromatic heterocycles. The average Bonchev–Trinajstić information content (AvgIpc) is 2.87. The number of benzene rings is 1. The van der Waals surface area contributed by atoms with Gasteiger partial charge in [-0.1, -0.05) is 18.2 Å². The molecule has 1 atom stereocenters. The molecule has 0 saturated carbocycles. The van der Waals surface area contributed by atoms with Gasteiger partial charge in [0.05, 0.1) is 24.6 Å². The number of rotatable bonds is 4. The van der Waals surface area contributed by atoms with E-state index in [1.165, 1.54) is 0 Å². The molecule has 3 rings (SSSR count). The standard InChI is InChI=1S/C18H20N2O2/c1-12-6-5-9-20-17(13(2)21)16(19-18(12)20)11-14-7-4-8-15(10-14)22-3/h4-10,13,21H,11H2,1-3H3. The van der Waals surface area contributed by atoms with E-state index in [-0.39, 0.29) is 0 Å². The zero-order valence-electron chi connectivity index (χ0n) is 13.1. The second-order valence-electron chi connectivity index (χ2n) is 5.53. The van der Waals surface area contributed by atoms with Gasteiger partial charge in [-0.25, -0.2) is 4.98 Å². The summed E-state index contributed by atoms with van der Waals surface area (Å²) in [7, 11) is 1.66. The van der Waals surface area contributed by atoms with Crippen LogP contribution in [0.15, 0.2) is 42.6 Å². The number of aromatic nitrogens is 2. The average molecular weight is 296 g/mol. The molecule has 0 amide bonds. The number of nitrogens with zero attached hydrogens (tertiary/aromatic N) is 2. The first-order valence-electron chi connectivity index (χ1n) is 7.37. The van der Waals surface area contributed by atoms with Gasteiger partial charge in [0.1, 0.15) is 11.4 Å². The summed E-state index contributed by atoms with van der Waals surface area (Å²) in [6.45, 7) is 3.81. The fraction of sp³-hybridized carbons (Fsp3) is 0.278. The van der Waals surface area contributed by atoms with E-state index >= 15 is 0 Å². The zero-order valence-corrected chi connectivity index (χ0v) is 13.1. The molecule has 1 N–H and O–H groups in total. The Balaban J connectivity index is 2.09. The maximum Gasteiger partial charge on any atom is 0.140 e. The largest absolute Gasteiger partial charge is 0.497 e. The summed E-state index contributed by atoms with van der Waals surface area (Å²) in [5, 5.41) is 10.2. The van der Waals surface area contributed by atoms with Crippen LogP contribution in [0.3, 0.4) is 0 Å². The molecule has 1 unspecified atom stereocenters. The van der Waals surface area contributed by atoms with Gasteiger partial charge >= 0.3 is 0 Å². The lowest BCUT2D eigenvalue weighted by molar-refractivity contribution is 0.192. The van der Waals surface area contributed by atoms with Gasteiger partial charge in [0.25, 0.3) is 0 Å². The number of methoxy groups -OCH3 is 1. The normalized spacial score (nSPS) is 12.5. The molecule has 4 heteroatoms. The Morgan fingerprint density at radius 3 is 2.82 bits per heavy atom. The lowest BCUT2D eigenvalue weighted by Gasteiger charge is -2.09. The smallest absolute Gasteiger partial charge is 0.140 e. The predicted octanol–water partition coefficient (Wildman–Crippen LogP) is 3.30. The van der Waals surface area contributed by atoms with Crippen molar-refractivity contribution in [1.29, 1.82) is 0 Å². The molecule has 0 aliphatic carbocycles. The van der Waals surface area contributed by atoms with E-state index in [4.69, 9.17) is 9.72 Å². The van der Waals surface area contributed by atoms with Crippen LogP contribution < -0.4 is 4.74 Å². The van der Waals surface area contributed by atoms with Gasteiger partial charge in [0, 0.05) is 12.6 Å². The number of aliphatic hydroxyl groups excluding tert-OH is 1. The van der Waals surface area contributed by atoms with Crippen LogP contribution >= 0.6 is 0 Å². The summed E-state index contributed by atoms with van der Waals surface area (Å²) in [5.41, 5.74) is 4.86. The van der Waals surface area contributed by atoms with E-state index in [9.17, 15) is 5.11 Å². The minimum absolute atomic E-state index is 0.572. The predicted molar refractivity (Wildman–Crippen MR) is 86.4 cm³/mol. The van der Waals surface area contributed by atoms with E-state index in [2.05, 4.69) is 0 Å². The molecule has 0 aliphatic heterocycles. The van der Waals surface area contributed by atoms with Gasteiger partial charge < -0.3 is 14.2 Å². The number of pyridine rings is 1. The molecule has 0 fully saturated rings. The highest BCUT2D eigenvalue weighted by molar-refractivity contribution is 5.51. The van der Waals surface area contributed by atoms with Crippen molar-refractivity contribution in [3.05, 3.63) is 65.1 Å². The topological polar surface area (TPSA) is 46.8 Å². The third-order valence-corrected chi connectivity index (χ3v) is 3.86. The minimum Gasteiger partial charge on any atom is -0.497 e. The summed E-state index contributed by atoms with van der Waals surface area (Å²) < 4.78 is 7.25. The maximum atomic E-state index is 10.2. The summed E-state index contributed by atoms with van der Waals surface area (Å²) >= 11 is 0. The molecule has 22 heavy (non-hydrogen) atoms. The molecule has 0 spiro atoms. The van der Waals surface area contributed by atoms with Gasteiger partial charge in [-0.2, -0.15) is 0 Å². The third kappa shape index (κ3) is 2.57. The summed E-state index contributed by atoms with van der Waals surface area (Å²) in [5.74, 6) is 0.830. The summed E-state index contributed by atoms with van der Waals surface area (Å²) in [6, 6.07) is 12.0. The first kappa shape index (κ1) is 14.6. The number of imidazole rings is 1. The summed E-state index contributed by atoms with van der Waals surface area (Å²) in [4.78, 5) is 4.75. The van der Waals surface area contributed by atoms with E-state index in [1.807, 2.05) is 53.9 Å². The number of aliphatic hydroxyl groups is 1. The van der Waals surface area contributed by atoms with Crippen molar-refractivity contribution >= 4 is 5.65 Å². The lowest BCUT2D eigenvalue weighted by Crippen LogP contribution is -2.02. The van der Waals surface area contributed by atoms with Crippen LogP contribution in [0.1, 0.15) is 35.5 Å². The van der Waals surface area contributed by atoms with Crippen LogP contribution in [-0.4, -0.2) is 21.6 Å². The first-order valence-corrected chi connectivity index (χ1v) is 7.37. The van der Waals surface area contributed by atoms with Crippen molar-refractivity contribution in [3.63, 3.8) is 0 Å². The molecule has 4 nitrogen and oxygen atoms in total. The van der Waals surface area contributed by atoms with Crippen molar-refractivity contribution in [2.45, 2.75) is 26.4 Å². The van der Waals surface area contributed by atoms with Crippen LogP contribution in [0, 0.1) is 6.92 Å². The third-order valence-electron chi connectivity index (χ3n) is 3.86. The quantitative estimate of drug-likeness (QED) is 0.803. The second-order valence-corrected chi connectivity index (χ2v) is 5.53. The number of ether oxygens (including phenoxy) is 1. The molecular formula is C18H20N2O2. The molecule has 0 bridgehead atoms. The Morgan fingerprint density at radius 2 is 2.09 bits per heavy atom. The van der Waals surface area contributed by atoms with E-state index < -0.39 is 6.10 Å². The van der Waals surface area contributed by atoms with Crippen LogP contribution in [0.25, 0.3) is 5.65 Å². The van der Waals surface area contributed by atoms with E-state index in [0.29, 0.717) is 6.42 Å². The highest BCUT2D eigenvalue weighted by Gasteiger charge is 2.17. The van der Waals surface area contributed by atoms with Crippen molar-refractivity contribution in [2.24, 2.45) is 0 Å². The number of hydrogen-bond donors (Lipinski definition) is 1. The van der Waals surface area contributed by atoms with Crippen LogP contribution in [0.2, 0.25) is 0 Å². The Hall–Kier alpha value is -2.33. The van der Waals surface area contributed by atoms with Crippen LogP contribution in [0.4, 0.5) is 0 Å². The molecule has 114 valence electrons. The Bertz CT molecular complexity index is 806. The van der Waals surface area contributed by atoms with E-state index in [1.54, 1.807) is 14.0 Å². The second kappa shape index (κ2) is 5.81. The highest BCUT2D eigenvalue weighted by Crippen LogP contribution is 2.25. The molecule has 0 aliphatic rings. The van der Waals surface area contributed by atoms with Gasteiger partial charge in [-0.05, 0) is 43.2 Å². The Labute approximate surface area is 130 Å². The van der Waals surface area contributed by atoms with Gasteiger partial charge in [0.2, 0.25) is 0 Å². The molecular weight excluding hydrogens is 276 g/mol. The van der Waals surface area contributed by atoms with Crippen molar-refractivity contribution < 1.29 is 9.84 Å². The number of fused-ring (bicyclic) bond motifs is 1. The van der Waals surface area contributed by atoms with Gasteiger partial charge in [-0.3, -0.25) is 0 Å². The van der Waals surface area contributed by atoms with Crippen LogP contribution in [0.5, 0.6) is 5.75 Å². The fourth-order valence-corrected chi connectivity index (χ4v) is 2.82.